The average Bonchev–Trinajstić information content (AvgIpc) is 2.97. The molecule has 2 N–H and O–H groups in total. The molecule has 0 aliphatic carbocycles. The van der Waals surface area contributed by atoms with Crippen LogP contribution in [0.4, 0.5) is 17.6 Å². The molecule has 0 saturated carbocycles. The third kappa shape index (κ3) is 2.79. The highest BCUT2D eigenvalue weighted by Crippen LogP contribution is 2.44. The molecule has 122 valence electrons. The fourth-order valence-corrected chi connectivity index (χ4v) is 2.83. The van der Waals surface area contributed by atoms with Gasteiger partial charge in [-0.1, -0.05) is 24.3 Å². The number of ether oxygens (including phenoxy) is 1. The second kappa shape index (κ2) is 5.85. The van der Waals surface area contributed by atoms with Crippen LogP contribution in [-0.2, 0) is 12.3 Å². The summed E-state index contributed by atoms with van der Waals surface area (Å²) in [6.07, 6.45) is 0.0949. The van der Waals surface area contributed by atoms with Crippen molar-refractivity contribution < 1.29 is 22.3 Å². The summed E-state index contributed by atoms with van der Waals surface area (Å²) in [5.74, 6) is -3.87. The maximum Gasteiger partial charge on any atom is 0.301 e. The van der Waals surface area contributed by atoms with E-state index >= 15 is 0 Å². The molecule has 1 atom stereocenters. The van der Waals surface area contributed by atoms with Gasteiger partial charge >= 0.3 is 5.92 Å². The minimum Gasteiger partial charge on any atom is -0.488 e. The monoisotopic (exact) mass is 325 g/mol. The SMILES string of the molecule is NCC1Cc2cc(F)cc(-c3ccccc3C(F)(F)CF)c2O1. The second-order valence-electron chi connectivity index (χ2n) is 5.50. The molecule has 0 spiro atoms. The summed E-state index contributed by atoms with van der Waals surface area (Å²) in [5.41, 5.74) is 5.91. The molecule has 0 aromatic heterocycles. The van der Waals surface area contributed by atoms with Gasteiger partial charge in [-0.2, -0.15) is 8.78 Å². The fraction of sp³-hybridized carbons (Fsp3) is 0.294. The van der Waals surface area contributed by atoms with E-state index in [-0.39, 0.29) is 23.8 Å². The Morgan fingerprint density at radius 1 is 1.17 bits per heavy atom. The number of alkyl halides is 3. The topological polar surface area (TPSA) is 35.2 Å². The van der Waals surface area contributed by atoms with E-state index in [1.165, 1.54) is 18.2 Å². The highest BCUT2D eigenvalue weighted by molar-refractivity contribution is 5.76. The lowest BCUT2D eigenvalue weighted by Crippen LogP contribution is -2.24. The molecule has 2 aromatic carbocycles. The minimum absolute atomic E-state index is 0.0589. The van der Waals surface area contributed by atoms with Gasteiger partial charge in [-0.3, -0.25) is 0 Å². The van der Waals surface area contributed by atoms with Gasteiger partial charge in [0.2, 0.25) is 0 Å². The summed E-state index contributed by atoms with van der Waals surface area (Å²) < 4.78 is 60.1. The number of benzene rings is 2. The summed E-state index contributed by atoms with van der Waals surface area (Å²) in [5, 5.41) is 0. The van der Waals surface area contributed by atoms with E-state index in [1.807, 2.05) is 0 Å². The van der Waals surface area contributed by atoms with Crippen molar-refractivity contribution >= 4 is 0 Å². The highest BCUT2D eigenvalue weighted by Gasteiger charge is 2.36. The maximum absolute atomic E-state index is 13.9. The molecule has 2 nitrogen and oxygen atoms in total. The first-order valence-corrected chi connectivity index (χ1v) is 7.19. The van der Waals surface area contributed by atoms with E-state index in [0.29, 0.717) is 17.7 Å². The Labute approximate surface area is 130 Å². The van der Waals surface area contributed by atoms with Crippen molar-refractivity contribution in [2.45, 2.75) is 18.4 Å². The minimum atomic E-state index is -3.65. The van der Waals surface area contributed by atoms with Crippen LogP contribution in [0.3, 0.4) is 0 Å². The fourth-order valence-electron chi connectivity index (χ4n) is 2.83. The maximum atomic E-state index is 13.9. The van der Waals surface area contributed by atoms with Crippen LogP contribution in [0.2, 0.25) is 0 Å². The quantitative estimate of drug-likeness (QED) is 0.868. The van der Waals surface area contributed by atoms with Gasteiger partial charge in [0, 0.05) is 29.7 Å². The Hall–Kier alpha value is -2.08. The lowest BCUT2D eigenvalue weighted by molar-refractivity contribution is -0.0275. The molecule has 0 saturated heterocycles. The molecule has 1 heterocycles. The Morgan fingerprint density at radius 3 is 2.61 bits per heavy atom. The van der Waals surface area contributed by atoms with Gasteiger partial charge in [-0.15, -0.1) is 0 Å². The van der Waals surface area contributed by atoms with Crippen molar-refractivity contribution in [2.24, 2.45) is 5.73 Å². The number of halogens is 4. The van der Waals surface area contributed by atoms with E-state index in [9.17, 15) is 17.6 Å². The van der Waals surface area contributed by atoms with Crippen LogP contribution in [0.5, 0.6) is 5.75 Å². The first-order valence-electron chi connectivity index (χ1n) is 7.19. The van der Waals surface area contributed by atoms with E-state index in [1.54, 1.807) is 6.07 Å². The van der Waals surface area contributed by atoms with E-state index in [2.05, 4.69) is 0 Å². The van der Waals surface area contributed by atoms with Crippen molar-refractivity contribution in [3.63, 3.8) is 0 Å². The van der Waals surface area contributed by atoms with Gasteiger partial charge < -0.3 is 10.5 Å². The van der Waals surface area contributed by atoms with Crippen LogP contribution in [0.1, 0.15) is 11.1 Å². The van der Waals surface area contributed by atoms with E-state index in [4.69, 9.17) is 10.5 Å². The third-order valence-corrected chi connectivity index (χ3v) is 3.90. The lowest BCUT2D eigenvalue weighted by atomic mass is 9.93. The Bertz CT molecular complexity index is 733. The zero-order valence-corrected chi connectivity index (χ0v) is 12.2. The van der Waals surface area contributed by atoms with Gasteiger partial charge in [0.15, 0.2) is 6.67 Å². The molecule has 0 bridgehead atoms. The van der Waals surface area contributed by atoms with Crippen molar-refractivity contribution in [1.82, 2.24) is 0 Å². The second-order valence-corrected chi connectivity index (χ2v) is 5.50. The molecular formula is C17H15F4NO. The molecule has 1 aliphatic rings. The first kappa shape index (κ1) is 15.8. The predicted octanol–water partition coefficient (Wildman–Crippen LogP) is 3.82. The van der Waals surface area contributed by atoms with Crippen molar-refractivity contribution in [1.29, 1.82) is 0 Å². The van der Waals surface area contributed by atoms with Crippen LogP contribution >= 0.6 is 0 Å². The van der Waals surface area contributed by atoms with Gasteiger partial charge in [0.25, 0.3) is 0 Å². The molecule has 6 heteroatoms. The van der Waals surface area contributed by atoms with Crippen LogP contribution in [0.25, 0.3) is 11.1 Å². The number of rotatable bonds is 4. The number of hydrogen-bond acceptors (Lipinski definition) is 2. The van der Waals surface area contributed by atoms with Crippen molar-refractivity contribution in [2.75, 3.05) is 13.2 Å². The predicted molar refractivity (Wildman–Crippen MR) is 78.9 cm³/mol. The zero-order chi connectivity index (χ0) is 16.6. The molecule has 23 heavy (non-hydrogen) atoms. The standard InChI is InChI=1S/C17H15F4NO/c18-9-17(20,21)15-4-2-1-3-13(15)14-7-11(19)5-10-6-12(8-22)23-16(10)14/h1-5,7,12H,6,8-9,22H2. The van der Waals surface area contributed by atoms with Crippen LogP contribution in [0.15, 0.2) is 36.4 Å². The van der Waals surface area contributed by atoms with E-state index in [0.717, 1.165) is 12.1 Å². The van der Waals surface area contributed by atoms with E-state index < -0.39 is 24.0 Å². The molecule has 3 rings (SSSR count). The number of fused-ring (bicyclic) bond motifs is 1. The highest BCUT2D eigenvalue weighted by atomic mass is 19.3. The average molecular weight is 325 g/mol. The van der Waals surface area contributed by atoms with Gasteiger partial charge in [0.1, 0.15) is 17.7 Å². The van der Waals surface area contributed by atoms with Crippen LogP contribution < -0.4 is 10.5 Å². The van der Waals surface area contributed by atoms with Crippen LogP contribution in [0, 0.1) is 5.82 Å². The van der Waals surface area contributed by atoms with Crippen molar-refractivity contribution in [3.8, 4) is 16.9 Å². The summed E-state index contributed by atoms with van der Waals surface area (Å²) in [4.78, 5) is 0. The number of nitrogens with two attached hydrogens (primary N) is 1. The Balaban J connectivity index is 2.19. The smallest absolute Gasteiger partial charge is 0.301 e. The zero-order valence-electron chi connectivity index (χ0n) is 12.2. The van der Waals surface area contributed by atoms with Gasteiger partial charge in [-0.05, 0) is 17.7 Å². The summed E-state index contributed by atoms with van der Waals surface area (Å²) in [6, 6.07) is 7.93. The van der Waals surface area contributed by atoms with Gasteiger partial charge in [0.05, 0.1) is 0 Å². The summed E-state index contributed by atoms with van der Waals surface area (Å²) in [7, 11) is 0. The van der Waals surface area contributed by atoms with Crippen molar-refractivity contribution in [3.05, 3.63) is 53.3 Å². The number of hydrogen-bond donors (Lipinski definition) is 1. The first-order chi connectivity index (χ1) is 11.0. The lowest BCUT2D eigenvalue weighted by Gasteiger charge is -2.19. The molecule has 1 aliphatic heterocycles. The molecular weight excluding hydrogens is 310 g/mol. The summed E-state index contributed by atoms with van der Waals surface area (Å²) in [6.45, 7) is -1.59. The summed E-state index contributed by atoms with van der Waals surface area (Å²) >= 11 is 0. The normalized spacial score (nSPS) is 17.0. The Morgan fingerprint density at radius 2 is 1.91 bits per heavy atom. The molecule has 0 radical (unpaired) electrons. The molecule has 2 aromatic rings. The molecule has 0 fully saturated rings. The largest absolute Gasteiger partial charge is 0.488 e. The Kier molecular flexibility index (Phi) is 4.02. The third-order valence-electron chi connectivity index (χ3n) is 3.90. The van der Waals surface area contributed by atoms with Gasteiger partial charge in [-0.25, -0.2) is 8.78 Å². The molecule has 0 amide bonds. The molecule has 1 unspecified atom stereocenters. The van der Waals surface area contributed by atoms with Crippen LogP contribution in [-0.4, -0.2) is 19.3 Å².